The van der Waals surface area contributed by atoms with Crippen LogP contribution in [0.4, 0.5) is 5.69 Å². The number of rotatable bonds is 5. The van der Waals surface area contributed by atoms with Crippen molar-refractivity contribution < 1.29 is 14.6 Å². The first-order valence-corrected chi connectivity index (χ1v) is 6.68. The van der Waals surface area contributed by atoms with Crippen molar-refractivity contribution in [2.24, 2.45) is 4.99 Å². The van der Waals surface area contributed by atoms with Crippen LogP contribution in [-0.2, 0) is 4.79 Å². The third kappa shape index (κ3) is 4.33. The molecule has 0 aliphatic heterocycles. The van der Waals surface area contributed by atoms with Crippen LogP contribution >= 0.6 is 11.6 Å². The lowest BCUT2D eigenvalue weighted by Gasteiger charge is -2.04. The van der Waals surface area contributed by atoms with Crippen LogP contribution in [0.15, 0.2) is 47.5 Å². The van der Waals surface area contributed by atoms with E-state index in [-0.39, 0.29) is 6.61 Å². The van der Waals surface area contributed by atoms with Crippen LogP contribution < -0.4 is 4.74 Å². The van der Waals surface area contributed by atoms with Gasteiger partial charge >= 0.3 is 5.97 Å². The van der Waals surface area contributed by atoms with Gasteiger partial charge in [-0.15, -0.1) is 0 Å². The highest BCUT2D eigenvalue weighted by Gasteiger charge is 2.01. The summed E-state index contributed by atoms with van der Waals surface area (Å²) in [5.41, 5.74) is 2.52. The topological polar surface area (TPSA) is 58.9 Å². The summed E-state index contributed by atoms with van der Waals surface area (Å²) in [4.78, 5) is 14.9. The van der Waals surface area contributed by atoms with Gasteiger partial charge in [-0.1, -0.05) is 29.8 Å². The van der Waals surface area contributed by atoms with E-state index in [0.717, 1.165) is 16.8 Å². The number of aliphatic imine (C=N–C) groups is 1. The van der Waals surface area contributed by atoms with Crippen molar-refractivity contribution in [1.82, 2.24) is 0 Å². The molecule has 0 fully saturated rings. The molecule has 0 amide bonds. The van der Waals surface area contributed by atoms with E-state index in [1.807, 2.05) is 31.2 Å². The highest BCUT2D eigenvalue weighted by atomic mass is 35.5. The number of hydrogen-bond acceptors (Lipinski definition) is 3. The highest BCUT2D eigenvalue weighted by molar-refractivity contribution is 6.31. The minimum Gasteiger partial charge on any atom is -0.482 e. The van der Waals surface area contributed by atoms with E-state index in [1.54, 1.807) is 24.4 Å². The number of benzene rings is 2. The van der Waals surface area contributed by atoms with Gasteiger partial charge in [0.15, 0.2) is 6.61 Å². The fraction of sp³-hybridized carbons (Fsp3) is 0.125. The molecule has 0 saturated carbocycles. The number of carbonyl (C=O) groups is 1. The molecule has 1 N–H and O–H groups in total. The summed E-state index contributed by atoms with van der Waals surface area (Å²) >= 11 is 6.04. The van der Waals surface area contributed by atoms with Crippen molar-refractivity contribution >= 4 is 29.5 Å². The SMILES string of the molecule is Cc1c(Cl)cccc1N=Cc1cccc(OCC(=O)O)c1. The molecular formula is C16H14ClNO3. The molecule has 2 rings (SSSR count). The standard InChI is InChI=1S/C16H14ClNO3/c1-11-14(17)6-3-7-15(11)18-9-12-4-2-5-13(8-12)21-10-16(19)20/h2-9H,10H2,1H3,(H,19,20). The lowest BCUT2D eigenvalue weighted by Crippen LogP contribution is -2.09. The average Bonchev–Trinajstić information content (AvgIpc) is 2.47. The van der Waals surface area contributed by atoms with Crippen molar-refractivity contribution in [2.45, 2.75) is 6.92 Å². The summed E-state index contributed by atoms with van der Waals surface area (Å²) in [7, 11) is 0. The van der Waals surface area contributed by atoms with Gasteiger partial charge < -0.3 is 9.84 Å². The first-order chi connectivity index (χ1) is 10.1. The normalized spacial score (nSPS) is 10.8. The molecule has 0 unspecified atom stereocenters. The zero-order chi connectivity index (χ0) is 15.2. The summed E-state index contributed by atoms with van der Waals surface area (Å²) in [6, 6.07) is 12.6. The zero-order valence-corrected chi connectivity index (χ0v) is 12.2. The predicted molar refractivity (Wildman–Crippen MR) is 83.0 cm³/mol. The Hall–Kier alpha value is -2.33. The van der Waals surface area contributed by atoms with Crippen LogP contribution in [0.1, 0.15) is 11.1 Å². The minimum absolute atomic E-state index is 0.367. The molecule has 0 bridgehead atoms. The average molecular weight is 304 g/mol. The molecule has 108 valence electrons. The summed E-state index contributed by atoms with van der Waals surface area (Å²) in [6.07, 6.45) is 1.69. The number of hydrogen-bond donors (Lipinski definition) is 1. The molecule has 2 aromatic carbocycles. The Labute approximate surface area is 127 Å². The largest absolute Gasteiger partial charge is 0.482 e. The van der Waals surface area contributed by atoms with Crippen LogP contribution in [0.2, 0.25) is 5.02 Å². The summed E-state index contributed by atoms with van der Waals surface area (Å²) < 4.78 is 5.12. The second kappa shape index (κ2) is 6.90. The van der Waals surface area contributed by atoms with Gasteiger partial charge in [-0.05, 0) is 42.3 Å². The molecule has 4 nitrogen and oxygen atoms in total. The Bertz CT molecular complexity index is 683. The number of halogens is 1. The fourth-order valence-electron chi connectivity index (χ4n) is 1.71. The maximum absolute atomic E-state index is 10.5. The zero-order valence-electron chi connectivity index (χ0n) is 11.4. The minimum atomic E-state index is -1.01. The van der Waals surface area contributed by atoms with E-state index >= 15 is 0 Å². The Balaban J connectivity index is 2.15. The van der Waals surface area contributed by atoms with Gasteiger partial charge in [-0.2, -0.15) is 0 Å². The van der Waals surface area contributed by atoms with E-state index in [1.165, 1.54) is 0 Å². The van der Waals surface area contributed by atoms with Crippen molar-refractivity contribution in [3.63, 3.8) is 0 Å². The molecule has 5 heteroatoms. The van der Waals surface area contributed by atoms with Crippen LogP contribution in [0.5, 0.6) is 5.75 Å². The van der Waals surface area contributed by atoms with Gasteiger partial charge in [0.25, 0.3) is 0 Å². The Morgan fingerprint density at radius 3 is 2.86 bits per heavy atom. The fourth-order valence-corrected chi connectivity index (χ4v) is 1.88. The summed E-state index contributed by atoms with van der Waals surface area (Å²) in [6.45, 7) is 1.54. The summed E-state index contributed by atoms with van der Waals surface area (Å²) in [5, 5.41) is 9.26. The van der Waals surface area contributed by atoms with E-state index in [4.69, 9.17) is 21.4 Å². The van der Waals surface area contributed by atoms with Gasteiger partial charge in [0.1, 0.15) is 5.75 Å². The van der Waals surface area contributed by atoms with E-state index in [9.17, 15) is 4.79 Å². The molecule has 0 saturated heterocycles. The maximum Gasteiger partial charge on any atom is 0.341 e. The molecule has 21 heavy (non-hydrogen) atoms. The van der Waals surface area contributed by atoms with Gasteiger partial charge in [0, 0.05) is 11.2 Å². The third-order valence-electron chi connectivity index (χ3n) is 2.81. The Kier molecular flexibility index (Phi) is 4.95. The van der Waals surface area contributed by atoms with E-state index in [2.05, 4.69) is 4.99 Å². The Morgan fingerprint density at radius 1 is 1.33 bits per heavy atom. The maximum atomic E-state index is 10.5. The quantitative estimate of drug-likeness (QED) is 0.853. The second-order valence-electron chi connectivity index (χ2n) is 4.40. The van der Waals surface area contributed by atoms with Gasteiger partial charge in [0.2, 0.25) is 0 Å². The Morgan fingerprint density at radius 2 is 2.10 bits per heavy atom. The lowest BCUT2D eigenvalue weighted by molar-refractivity contribution is -0.139. The number of carboxylic acid groups (broad SMARTS) is 1. The van der Waals surface area contributed by atoms with Crippen LogP contribution in [-0.4, -0.2) is 23.9 Å². The number of ether oxygens (including phenoxy) is 1. The van der Waals surface area contributed by atoms with Crippen LogP contribution in [0.25, 0.3) is 0 Å². The number of aliphatic carboxylic acids is 1. The lowest BCUT2D eigenvalue weighted by atomic mass is 10.2. The smallest absolute Gasteiger partial charge is 0.341 e. The van der Waals surface area contributed by atoms with Crippen molar-refractivity contribution in [1.29, 1.82) is 0 Å². The van der Waals surface area contributed by atoms with E-state index < -0.39 is 5.97 Å². The molecule has 0 heterocycles. The summed E-state index contributed by atoms with van der Waals surface area (Å²) in [5.74, 6) is -0.521. The van der Waals surface area contributed by atoms with Crippen LogP contribution in [0.3, 0.4) is 0 Å². The second-order valence-corrected chi connectivity index (χ2v) is 4.80. The predicted octanol–water partition coefficient (Wildman–Crippen LogP) is 3.86. The molecule has 0 spiro atoms. The first-order valence-electron chi connectivity index (χ1n) is 6.30. The van der Waals surface area contributed by atoms with Gasteiger partial charge in [-0.25, -0.2) is 4.79 Å². The van der Waals surface area contributed by atoms with Crippen molar-refractivity contribution in [3.8, 4) is 5.75 Å². The highest BCUT2D eigenvalue weighted by Crippen LogP contribution is 2.25. The monoisotopic (exact) mass is 303 g/mol. The molecule has 0 atom stereocenters. The van der Waals surface area contributed by atoms with E-state index in [0.29, 0.717) is 10.8 Å². The molecule has 2 aromatic rings. The number of carboxylic acids is 1. The third-order valence-corrected chi connectivity index (χ3v) is 3.22. The first kappa shape index (κ1) is 15.1. The molecule has 0 aliphatic rings. The molecule has 0 aliphatic carbocycles. The van der Waals surface area contributed by atoms with Crippen LogP contribution in [0, 0.1) is 6.92 Å². The number of nitrogens with zero attached hydrogens (tertiary/aromatic N) is 1. The van der Waals surface area contributed by atoms with Crippen molar-refractivity contribution in [2.75, 3.05) is 6.61 Å². The van der Waals surface area contributed by atoms with Gasteiger partial charge in [-0.3, -0.25) is 4.99 Å². The van der Waals surface area contributed by atoms with Crippen molar-refractivity contribution in [3.05, 3.63) is 58.6 Å². The molecule has 0 aromatic heterocycles. The van der Waals surface area contributed by atoms with Gasteiger partial charge in [0.05, 0.1) is 5.69 Å². The molecular weight excluding hydrogens is 290 g/mol. The molecule has 0 radical (unpaired) electrons.